The molecular formula is C24H27Cl3N2O2. The highest BCUT2D eigenvalue weighted by atomic mass is 35.5. The average molecular weight is 482 g/mol. The van der Waals surface area contributed by atoms with Crippen molar-refractivity contribution in [3.8, 4) is 0 Å². The lowest BCUT2D eigenvalue weighted by Crippen LogP contribution is -2.51. The molecule has 3 rings (SSSR count). The van der Waals surface area contributed by atoms with Gasteiger partial charge in [-0.3, -0.25) is 9.59 Å². The molecule has 2 aromatic carbocycles. The second-order valence-electron chi connectivity index (χ2n) is 7.95. The summed E-state index contributed by atoms with van der Waals surface area (Å²) in [6.07, 6.45) is 4.86. The molecule has 0 bridgehead atoms. The summed E-state index contributed by atoms with van der Waals surface area (Å²) >= 11 is 18.5. The Labute approximate surface area is 198 Å². The Balaban J connectivity index is 1.84. The Hall–Kier alpha value is -1.75. The van der Waals surface area contributed by atoms with E-state index in [2.05, 4.69) is 5.32 Å². The quantitative estimate of drug-likeness (QED) is 0.498. The minimum Gasteiger partial charge on any atom is -0.352 e. The van der Waals surface area contributed by atoms with Crippen molar-refractivity contribution in [3.63, 3.8) is 0 Å². The summed E-state index contributed by atoms with van der Waals surface area (Å²) in [4.78, 5) is 28.2. The summed E-state index contributed by atoms with van der Waals surface area (Å²) < 4.78 is 0. The molecule has 0 aromatic heterocycles. The molecule has 1 saturated carbocycles. The normalized spacial score (nSPS) is 15.0. The van der Waals surface area contributed by atoms with Gasteiger partial charge in [0.2, 0.25) is 11.8 Å². The molecule has 0 aliphatic heterocycles. The molecule has 0 heterocycles. The van der Waals surface area contributed by atoms with Gasteiger partial charge < -0.3 is 10.2 Å². The molecule has 1 aliphatic rings. The van der Waals surface area contributed by atoms with Gasteiger partial charge in [0.1, 0.15) is 6.04 Å². The third-order valence-electron chi connectivity index (χ3n) is 5.73. The van der Waals surface area contributed by atoms with Crippen LogP contribution in [0.5, 0.6) is 0 Å². The van der Waals surface area contributed by atoms with Gasteiger partial charge in [-0.25, -0.2) is 0 Å². The van der Waals surface area contributed by atoms with E-state index in [0.29, 0.717) is 21.5 Å². The maximum absolute atomic E-state index is 13.4. The maximum Gasteiger partial charge on any atom is 0.243 e. The number of nitrogens with one attached hydrogen (secondary N) is 1. The Morgan fingerprint density at radius 1 is 1.03 bits per heavy atom. The number of carbonyl (C=O) groups excluding carboxylic acids is 2. The van der Waals surface area contributed by atoms with Crippen LogP contribution < -0.4 is 5.32 Å². The van der Waals surface area contributed by atoms with Crippen LogP contribution in [0.1, 0.15) is 50.2 Å². The molecule has 1 fully saturated rings. The Morgan fingerprint density at radius 3 is 2.39 bits per heavy atom. The summed E-state index contributed by atoms with van der Waals surface area (Å²) in [7, 11) is 0. The second-order valence-corrected chi connectivity index (χ2v) is 9.17. The van der Waals surface area contributed by atoms with E-state index in [9.17, 15) is 9.59 Å². The Bertz CT molecular complexity index is 929. The predicted molar refractivity (Wildman–Crippen MR) is 127 cm³/mol. The minimum atomic E-state index is -0.577. The molecule has 1 atom stereocenters. The molecule has 0 saturated heterocycles. The fourth-order valence-electron chi connectivity index (χ4n) is 4.02. The van der Waals surface area contributed by atoms with Gasteiger partial charge in [0, 0.05) is 17.6 Å². The zero-order valence-corrected chi connectivity index (χ0v) is 19.8. The van der Waals surface area contributed by atoms with E-state index in [4.69, 9.17) is 34.8 Å². The fraction of sp³-hybridized carbons (Fsp3) is 0.417. The van der Waals surface area contributed by atoms with E-state index >= 15 is 0 Å². The molecule has 0 radical (unpaired) electrons. The van der Waals surface area contributed by atoms with Gasteiger partial charge >= 0.3 is 0 Å². The van der Waals surface area contributed by atoms with Crippen molar-refractivity contribution in [2.75, 3.05) is 0 Å². The van der Waals surface area contributed by atoms with Crippen LogP contribution in [-0.2, 0) is 22.6 Å². The molecule has 0 spiro atoms. The molecule has 166 valence electrons. The Kier molecular flexibility index (Phi) is 8.65. The molecular weight excluding hydrogens is 455 g/mol. The zero-order chi connectivity index (χ0) is 22.4. The standard InChI is InChI=1S/C24H27Cl3N2O2/c1-2-22(24(31)28-18-8-4-5-9-18)29(15-17-7-3-6-10-19(17)25)23(30)14-16-11-12-20(26)21(27)13-16/h3,6-7,10-13,18,22H,2,4-5,8-9,14-15H2,1H3,(H,28,31)/t22-/m0/s1. The predicted octanol–water partition coefficient (Wildman–Crippen LogP) is 6.06. The number of hydrogen-bond acceptors (Lipinski definition) is 2. The van der Waals surface area contributed by atoms with E-state index in [1.165, 1.54) is 0 Å². The van der Waals surface area contributed by atoms with Crippen molar-refractivity contribution in [1.82, 2.24) is 10.2 Å². The summed E-state index contributed by atoms with van der Waals surface area (Å²) in [5, 5.41) is 4.55. The first-order chi connectivity index (χ1) is 14.9. The number of amides is 2. The third-order valence-corrected chi connectivity index (χ3v) is 6.83. The second kappa shape index (κ2) is 11.2. The average Bonchev–Trinajstić information content (AvgIpc) is 3.25. The third kappa shape index (κ3) is 6.38. The van der Waals surface area contributed by atoms with Crippen LogP contribution in [0.4, 0.5) is 0 Å². The molecule has 31 heavy (non-hydrogen) atoms. The number of rotatable bonds is 8. The SMILES string of the molecule is CC[C@@H](C(=O)NC1CCCC1)N(Cc1ccccc1Cl)C(=O)Cc1ccc(Cl)c(Cl)c1. The lowest BCUT2D eigenvalue weighted by atomic mass is 10.1. The van der Waals surface area contributed by atoms with Gasteiger partial charge in [0.05, 0.1) is 16.5 Å². The van der Waals surface area contributed by atoms with Crippen LogP contribution in [0.15, 0.2) is 42.5 Å². The molecule has 2 aromatic rings. The first-order valence-corrected chi connectivity index (χ1v) is 11.8. The summed E-state index contributed by atoms with van der Waals surface area (Å²) in [6, 6.07) is 12.1. The highest BCUT2D eigenvalue weighted by Crippen LogP contribution is 2.25. The van der Waals surface area contributed by atoms with Crippen LogP contribution in [0.3, 0.4) is 0 Å². The highest BCUT2D eigenvalue weighted by molar-refractivity contribution is 6.42. The number of nitrogens with zero attached hydrogens (tertiary/aromatic N) is 1. The number of benzene rings is 2. The van der Waals surface area contributed by atoms with Crippen LogP contribution in [-0.4, -0.2) is 28.8 Å². The van der Waals surface area contributed by atoms with E-state index < -0.39 is 6.04 Å². The molecule has 2 amide bonds. The van der Waals surface area contributed by atoms with Gasteiger partial charge in [0.25, 0.3) is 0 Å². The largest absolute Gasteiger partial charge is 0.352 e. The first kappa shape index (κ1) is 23.9. The van der Waals surface area contributed by atoms with E-state index in [1.54, 1.807) is 29.2 Å². The monoisotopic (exact) mass is 480 g/mol. The summed E-state index contributed by atoms with van der Waals surface area (Å²) in [6.45, 7) is 2.18. The molecule has 0 unspecified atom stereocenters. The van der Waals surface area contributed by atoms with Crippen LogP contribution >= 0.6 is 34.8 Å². The van der Waals surface area contributed by atoms with E-state index in [1.807, 2.05) is 25.1 Å². The van der Waals surface area contributed by atoms with Gasteiger partial charge in [-0.2, -0.15) is 0 Å². The molecule has 7 heteroatoms. The topological polar surface area (TPSA) is 49.4 Å². The fourth-order valence-corrected chi connectivity index (χ4v) is 4.54. The van der Waals surface area contributed by atoms with Crippen molar-refractivity contribution in [2.24, 2.45) is 0 Å². The number of halogens is 3. The minimum absolute atomic E-state index is 0.107. The molecule has 1 aliphatic carbocycles. The lowest BCUT2D eigenvalue weighted by molar-refractivity contribution is -0.141. The van der Waals surface area contributed by atoms with E-state index in [-0.39, 0.29) is 30.8 Å². The smallest absolute Gasteiger partial charge is 0.243 e. The van der Waals surface area contributed by atoms with Crippen molar-refractivity contribution in [3.05, 3.63) is 68.7 Å². The van der Waals surface area contributed by atoms with Gasteiger partial charge in [-0.05, 0) is 48.6 Å². The van der Waals surface area contributed by atoms with Crippen molar-refractivity contribution >= 4 is 46.6 Å². The summed E-state index contributed by atoms with van der Waals surface area (Å²) in [5.41, 5.74) is 1.55. The summed E-state index contributed by atoms with van der Waals surface area (Å²) in [5.74, 6) is -0.268. The van der Waals surface area contributed by atoms with Crippen molar-refractivity contribution < 1.29 is 9.59 Å². The lowest BCUT2D eigenvalue weighted by Gasteiger charge is -2.32. The Morgan fingerprint density at radius 2 is 1.74 bits per heavy atom. The van der Waals surface area contributed by atoms with E-state index in [0.717, 1.165) is 36.8 Å². The zero-order valence-electron chi connectivity index (χ0n) is 17.5. The van der Waals surface area contributed by atoms with Crippen molar-refractivity contribution in [1.29, 1.82) is 0 Å². The van der Waals surface area contributed by atoms with Gasteiger partial charge in [-0.15, -0.1) is 0 Å². The number of carbonyl (C=O) groups is 2. The van der Waals surface area contributed by atoms with Crippen LogP contribution in [0, 0.1) is 0 Å². The first-order valence-electron chi connectivity index (χ1n) is 10.7. The maximum atomic E-state index is 13.4. The van der Waals surface area contributed by atoms with Crippen LogP contribution in [0.25, 0.3) is 0 Å². The highest BCUT2D eigenvalue weighted by Gasteiger charge is 2.31. The van der Waals surface area contributed by atoms with Gasteiger partial charge in [0.15, 0.2) is 0 Å². The number of hydrogen-bond donors (Lipinski definition) is 1. The van der Waals surface area contributed by atoms with Gasteiger partial charge in [-0.1, -0.05) is 78.8 Å². The molecule has 1 N–H and O–H groups in total. The van der Waals surface area contributed by atoms with Crippen LogP contribution in [0.2, 0.25) is 15.1 Å². The van der Waals surface area contributed by atoms with Crippen molar-refractivity contribution in [2.45, 2.75) is 64.1 Å². The molecule has 4 nitrogen and oxygen atoms in total.